The van der Waals surface area contributed by atoms with Gasteiger partial charge in [-0.15, -0.1) is 0 Å². The van der Waals surface area contributed by atoms with E-state index in [9.17, 15) is 14.4 Å². The van der Waals surface area contributed by atoms with E-state index in [0.717, 1.165) is 24.8 Å². The molecule has 1 fully saturated rings. The number of anilines is 1. The number of aromatic nitrogens is 1. The van der Waals surface area contributed by atoms with E-state index in [1.165, 1.54) is 0 Å². The highest BCUT2D eigenvalue weighted by molar-refractivity contribution is 6.40. The number of nitrogens with one attached hydrogen (secondary N) is 2. The van der Waals surface area contributed by atoms with Gasteiger partial charge in [0.2, 0.25) is 0 Å². The molecule has 0 bridgehead atoms. The van der Waals surface area contributed by atoms with Crippen LogP contribution in [-0.2, 0) is 16.1 Å². The maximum atomic E-state index is 12.8. The van der Waals surface area contributed by atoms with Crippen molar-refractivity contribution in [3.05, 3.63) is 59.9 Å². The molecule has 7 heteroatoms. The summed E-state index contributed by atoms with van der Waals surface area (Å²) in [5.41, 5.74) is 1.58. The van der Waals surface area contributed by atoms with Crippen molar-refractivity contribution in [3.63, 3.8) is 0 Å². The molecule has 1 aromatic heterocycles. The lowest BCUT2D eigenvalue weighted by Gasteiger charge is -2.27. The van der Waals surface area contributed by atoms with Crippen LogP contribution in [-0.4, -0.2) is 40.7 Å². The molecule has 0 atom stereocenters. The van der Waals surface area contributed by atoms with E-state index >= 15 is 0 Å². The molecular weight excluding hydrogens is 344 g/mol. The molecule has 3 rings (SSSR count). The van der Waals surface area contributed by atoms with Crippen LogP contribution < -0.4 is 10.6 Å². The number of benzene rings is 1. The van der Waals surface area contributed by atoms with Gasteiger partial charge < -0.3 is 15.5 Å². The molecule has 3 amide bonds. The highest BCUT2D eigenvalue weighted by atomic mass is 16.2. The average Bonchev–Trinajstić information content (AvgIpc) is 2.73. The number of carbonyl (C=O) groups excluding carboxylic acids is 3. The maximum absolute atomic E-state index is 12.8. The summed E-state index contributed by atoms with van der Waals surface area (Å²) in [4.78, 5) is 42.7. The third-order valence-electron chi connectivity index (χ3n) is 4.46. The third-order valence-corrected chi connectivity index (χ3v) is 4.46. The van der Waals surface area contributed by atoms with Gasteiger partial charge in [0.1, 0.15) is 0 Å². The topological polar surface area (TPSA) is 91.4 Å². The zero-order valence-corrected chi connectivity index (χ0v) is 15.0. The van der Waals surface area contributed by atoms with E-state index in [0.29, 0.717) is 24.3 Å². The number of hydrogen-bond acceptors (Lipinski definition) is 4. The largest absolute Gasteiger partial charge is 0.344 e. The van der Waals surface area contributed by atoms with Crippen molar-refractivity contribution in [2.75, 3.05) is 18.4 Å². The summed E-state index contributed by atoms with van der Waals surface area (Å²) in [6.07, 6.45) is 6.32. The molecule has 0 radical (unpaired) electrons. The minimum atomic E-state index is -0.803. The second-order valence-electron chi connectivity index (χ2n) is 6.39. The molecule has 0 saturated carbocycles. The van der Waals surface area contributed by atoms with Gasteiger partial charge in [-0.05, 0) is 49.1 Å². The first kappa shape index (κ1) is 18.6. The Morgan fingerprint density at radius 3 is 2.37 bits per heavy atom. The Labute approximate surface area is 157 Å². The quantitative estimate of drug-likeness (QED) is 0.809. The smallest absolute Gasteiger partial charge is 0.313 e. The van der Waals surface area contributed by atoms with Crippen LogP contribution in [0.1, 0.15) is 35.2 Å². The highest BCUT2D eigenvalue weighted by Gasteiger charge is 2.22. The molecule has 0 aliphatic carbocycles. The number of amides is 3. The maximum Gasteiger partial charge on any atom is 0.313 e. The number of hydrogen-bond donors (Lipinski definition) is 2. The number of piperidine rings is 1. The Morgan fingerprint density at radius 1 is 0.926 bits per heavy atom. The summed E-state index contributed by atoms with van der Waals surface area (Å²) in [6, 6.07) is 10.3. The molecule has 1 aromatic carbocycles. The molecule has 1 aliphatic heterocycles. The molecule has 2 aromatic rings. The van der Waals surface area contributed by atoms with Crippen LogP contribution in [0.5, 0.6) is 0 Å². The fraction of sp³-hybridized carbons (Fsp3) is 0.300. The van der Waals surface area contributed by atoms with Crippen molar-refractivity contribution in [3.8, 4) is 0 Å². The molecule has 2 heterocycles. The Kier molecular flexibility index (Phi) is 6.14. The van der Waals surface area contributed by atoms with Crippen molar-refractivity contribution in [2.24, 2.45) is 0 Å². The number of pyridine rings is 1. The molecular formula is C20H22N4O3. The molecule has 140 valence electrons. The average molecular weight is 366 g/mol. The van der Waals surface area contributed by atoms with E-state index in [1.807, 2.05) is 0 Å². The lowest BCUT2D eigenvalue weighted by Crippen LogP contribution is -2.37. The Bertz CT molecular complexity index is 817. The van der Waals surface area contributed by atoms with E-state index in [4.69, 9.17) is 0 Å². The van der Waals surface area contributed by atoms with Crippen LogP contribution in [0.4, 0.5) is 5.69 Å². The van der Waals surface area contributed by atoms with Crippen LogP contribution in [0.25, 0.3) is 0 Å². The molecule has 1 aliphatic rings. The first-order valence-electron chi connectivity index (χ1n) is 9.01. The minimum Gasteiger partial charge on any atom is -0.344 e. The number of rotatable bonds is 4. The number of nitrogens with zero attached hydrogens (tertiary/aromatic N) is 2. The van der Waals surface area contributed by atoms with Crippen LogP contribution >= 0.6 is 0 Å². The summed E-state index contributed by atoms with van der Waals surface area (Å²) in [6.45, 7) is 1.66. The van der Waals surface area contributed by atoms with E-state index in [2.05, 4.69) is 15.6 Å². The number of carbonyl (C=O) groups is 3. The van der Waals surface area contributed by atoms with Gasteiger partial charge in [0.25, 0.3) is 5.91 Å². The summed E-state index contributed by atoms with van der Waals surface area (Å²) in [5, 5.41) is 5.11. The van der Waals surface area contributed by atoms with Gasteiger partial charge >= 0.3 is 11.8 Å². The molecule has 1 saturated heterocycles. The number of likely N-dealkylation sites (tertiary alicyclic amines) is 1. The highest BCUT2D eigenvalue weighted by Crippen LogP contribution is 2.20. The molecule has 27 heavy (non-hydrogen) atoms. The van der Waals surface area contributed by atoms with Crippen molar-refractivity contribution in [2.45, 2.75) is 25.8 Å². The van der Waals surface area contributed by atoms with Gasteiger partial charge in [-0.25, -0.2) is 0 Å². The standard InChI is InChI=1S/C20H22N4O3/c25-18(22-14-15-8-10-21-11-9-15)19(26)23-17-7-3-2-6-16(17)20(27)24-12-4-1-5-13-24/h2-3,6-11H,1,4-5,12-14H2,(H,22,25)(H,23,26). The predicted octanol–water partition coefficient (Wildman–Crippen LogP) is 1.96. The Hall–Kier alpha value is -3.22. The predicted molar refractivity (Wildman–Crippen MR) is 101 cm³/mol. The van der Waals surface area contributed by atoms with Crippen LogP contribution in [0.15, 0.2) is 48.8 Å². The molecule has 0 unspecified atom stereocenters. The fourth-order valence-corrected chi connectivity index (χ4v) is 2.99. The van der Waals surface area contributed by atoms with Crippen molar-refractivity contribution in [1.29, 1.82) is 0 Å². The number of para-hydroxylation sites is 1. The molecule has 2 N–H and O–H groups in total. The van der Waals surface area contributed by atoms with Gasteiger partial charge in [0.15, 0.2) is 0 Å². The summed E-state index contributed by atoms with van der Waals surface area (Å²) >= 11 is 0. The summed E-state index contributed by atoms with van der Waals surface area (Å²) < 4.78 is 0. The van der Waals surface area contributed by atoms with Crippen LogP contribution in [0, 0.1) is 0 Å². The van der Waals surface area contributed by atoms with E-state index in [1.54, 1.807) is 53.7 Å². The normalized spacial score (nSPS) is 13.7. The van der Waals surface area contributed by atoms with Crippen LogP contribution in [0.3, 0.4) is 0 Å². The van der Waals surface area contributed by atoms with Crippen molar-refractivity contribution in [1.82, 2.24) is 15.2 Å². The zero-order chi connectivity index (χ0) is 19.1. The van der Waals surface area contributed by atoms with Gasteiger partial charge in [0.05, 0.1) is 11.3 Å². The van der Waals surface area contributed by atoms with Crippen molar-refractivity contribution < 1.29 is 14.4 Å². The summed E-state index contributed by atoms with van der Waals surface area (Å²) in [5.74, 6) is -1.68. The van der Waals surface area contributed by atoms with Gasteiger partial charge in [-0.2, -0.15) is 0 Å². The monoisotopic (exact) mass is 366 g/mol. The third kappa shape index (κ3) is 4.91. The SMILES string of the molecule is O=C(NCc1ccncc1)C(=O)Nc1ccccc1C(=O)N1CCCCC1. The van der Waals surface area contributed by atoms with E-state index < -0.39 is 11.8 Å². The first-order valence-corrected chi connectivity index (χ1v) is 9.01. The first-order chi connectivity index (χ1) is 13.1. The second kappa shape index (κ2) is 8.93. The molecule has 0 spiro atoms. The van der Waals surface area contributed by atoms with Gasteiger partial charge in [-0.1, -0.05) is 12.1 Å². The van der Waals surface area contributed by atoms with Crippen molar-refractivity contribution >= 4 is 23.4 Å². The van der Waals surface area contributed by atoms with Gasteiger partial charge in [-0.3, -0.25) is 19.4 Å². The fourth-order valence-electron chi connectivity index (χ4n) is 2.99. The minimum absolute atomic E-state index is 0.122. The summed E-state index contributed by atoms with van der Waals surface area (Å²) in [7, 11) is 0. The molecule has 7 nitrogen and oxygen atoms in total. The Balaban J connectivity index is 1.63. The Morgan fingerprint density at radius 2 is 1.63 bits per heavy atom. The van der Waals surface area contributed by atoms with Crippen LogP contribution in [0.2, 0.25) is 0 Å². The lowest BCUT2D eigenvalue weighted by molar-refractivity contribution is -0.136. The van der Waals surface area contributed by atoms with E-state index in [-0.39, 0.29) is 12.5 Å². The van der Waals surface area contributed by atoms with Gasteiger partial charge in [0, 0.05) is 32.0 Å². The zero-order valence-electron chi connectivity index (χ0n) is 15.0. The lowest BCUT2D eigenvalue weighted by atomic mass is 10.1. The second-order valence-corrected chi connectivity index (χ2v) is 6.39.